The molecule has 0 saturated heterocycles. The van der Waals surface area contributed by atoms with Crippen molar-refractivity contribution in [1.29, 1.82) is 0 Å². The van der Waals surface area contributed by atoms with E-state index in [1.807, 2.05) is 20.8 Å². The van der Waals surface area contributed by atoms with Crippen molar-refractivity contribution in [2.24, 2.45) is 0 Å². The summed E-state index contributed by atoms with van der Waals surface area (Å²) in [6.07, 6.45) is 3.82. The molecule has 170 valence electrons. The molecule has 0 aliphatic heterocycles. The summed E-state index contributed by atoms with van der Waals surface area (Å²) >= 11 is 1.67. The lowest BCUT2D eigenvalue weighted by Gasteiger charge is -2.23. The summed E-state index contributed by atoms with van der Waals surface area (Å²) in [5.74, 6) is 1.61. The number of hydrogen-bond acceptors (Lipinski definition) is 7. The van der Waals surface area contributed by atoms with Crippen LogP contribution in [0.4, 0.5) is 16.3 Å². The lowest BCUT2D eigenvalue weighted by atomic mass is 9.93. The van der Waals surface area contributed by atoms with Gasteiger partial charge in [0.15, 0.2) is 0 Å². The highest BCUT2D eigenvalue weighted by molar-refractivity contribution is 7.19. The van der Waals surface area contributed by atoms with Crippen LogP contribution in [0, 0.1) is 13.8 Å². The SMILES string of the molecule is CCOC(=O)NC1CCc2c(sc3ncnc(Nc4cc(C)c(C)cc4OC(C)C)c23)C1. The maximum Gasteiger partial charge on any atom is 0.407 e. The van der Waals surface area contributed by atoms with Crippen molar-refractivity contribution in [2.45, 2.75) is 66.0 Å². The predicted molar refractivity (Wildman–Crippen MR) is 128 cm³/mol. The van der Waals surface area contributed by atoms with Crippen molar-refractivity contribution >= 4 is 39.2 Å². The fourth-order valence-electron chi connectivity index (χ4n) is 4.03. The number of hydrogen-bond donors (Lipinski definition) is 2. The molecule has 3 aromatic rings. The molecule has 2 N–H and O–H groups in total. The van der Waals surface area contributed by atoms with Crippen LogP contribution in [0.1, 0.15) is 48.8 Å². The number of fused-ring (bicyclic) bond motifs is 3. The van der Waals surface area contributed by atoms with Crippen molar-refractivity contribution in [3.8, 4) is 5.75 Å². The maximum atomic E-state index is 11.8. The highest BCUT2D eigenvalue weighted by atomic mass is 32.1. The minimum absolute atomic E-state index is 0.0702. The molecule has 1 atom stereocenters. The minimum Gasteiger partial charge on any atom is -0.489 e. The Morgan fingerprint density at radius 3 is 2.78 bits per heavy atom. The fourth-order valence-corrected chi connectivity index (χ4v) is 5.30. The normalized spacial score (nSPS) is 15.5. The zero-order chi connectivity index (χ0) is 22.8. The number of nitrogens with zero attached hydrogens (tertiary/aromatic N) is 2. The number of rotatable bonds is 6. The van der Waals surface area contributed by atoms with Crippen LogP contribution in [0.15, 0.2) is 18.5 Å². The van der Waals surface area contributed by atoms with E-state index in [2.05, 4.69) is 46.6 Å². The topological polar surface area (TPSA) is 85.4 Å². The molecule has 1 aliphatic carbocycles. The van der Waals surface area contributed by atoms with E-state index in [-0.39, 0.29) is 18.2 Å². The molecule has 0 fully saturated rings. The molecule has 8 heteroatoms. The summed E-state index contributed by atoms with van der Waals surface area (Å²) in [4.78, 5) is 23.2. The lowest BCUT2D eigenvalue weighted by molar-refractivity contribution is 0.147. The molecule has 2 heterocycles. The molecule has 2 aromatic heterocycles. The van der Waals surface area contributed by atoms with Gasteiger partial charge in [-0.3, -0.25) is 0 Å². The summed E-state index contributed by atoms with van der Waals surface area (Å²) in [6, 6.07) is 4.26. The number of aromatic nitrogens is 2. The number of nitrogens with one attached hydrogen (secondary N) is 2. The summed E-state index contributed by atoms with van der Waals surface area (Å²) in [6.45, 7) is 10.4. The van der Waals surface area contributed by atoms with Gasteiger partial charge >= 0.3 is 6.09 Å². The number of aryl methyl sites for hydroxylation is 3. The molecule has 32 heavy (non-hydrogen) atoms. The third-order valence-corrected chi connectivity index (χ3v) is 6.82. The van der Waals surface area contributed by atoms with Gasteiger partial charge in [-0.1, -0.05) is 0 Å². The van der Waals surface area contributed by atoms with Crippen molar-refractivity contribution in [1.82, 2.24) is 15.3 Å². The summed E-state index contributed by atoms with van der Waals surface area (Å²) in [5.41, 5.74) is 4.55. The molecule has 7 nitrogen and oxygen atoms in total. The van der Waals surface area contributed by atoms with Gasteiger partial charge in [-0.25, -0.2) is 14.8 Å². The van der Waals surface area contributed by atoms with Gasteiger partial charge in [0, 0.05) is 17.3 Å². The number of alkyl carbamates (subject to hydrolysis) is 1. The van der Waals surface area contributed by atoms with Gasteiger partial charge < -0.3 is 20.1 Å². The molecule has 1 amide bonds. The van der Waals surface area contributed by atoms with Gasteiger partial charge in [0.05, 0.1) is 23.8 Å². The average Bonchev–Trinajstić information content (AvgIpc) is 3.10. The highest BCUT2D eigenvalue weighted by Crippen LogP contribution is 2.40. The molecule has 1 aliphatic rings. The van der Waals surface area contributed by atoms with Crippen LogP contribution in [-0.4, -0.2) is 34.8 Å². The van der Waals surface area contributed by atoms with Gasteiger partial charge in [0.1, 0.15) is 22.7 Å². The van der Waals surface area contributed by atoms with E-state index < -0.39 is 0 Å². The zero-order valence-electron chi connectivity index (χ0n) is 19.2. The second kappa shape index (κ2) is 9.32. The first-order chi connectivity index (χ1) is 15.4. The van der Waals surface area contributed by atoms with Crippen LogP contribution >= 0.6 is 11.3 Å². The number of amides is 1. The lowest BCUT2D eigenvalue weighted by Crippen LogP contribution is -2.38. The third kappa shape index (κ3) is 4.65. The van der Waals surface area contributed by atoms with E-state index in [0.29, 0.717) is 6.61 Å². The largest absolute Gasteiger partial charge is 0.489 e. The predicted octanol–water partition coefficient (Wildman–Crippen LogP) is 5.44. The van der Waals surface area contributed by atoms with Crippen molar-refractivity contribution in [3.63, 3.8) is 0 Å². The van der Waals surface area contributed by atoms with E-state index >= 15 is 0 Å². The average molecular weight is 455 g/mol. The van der Waals surface area contributed by atoms with Gasteiger partial charge in [-0.05, 0) is 76.3 Å². The van der Waals surface area contributed by atoms with Crippen LogP contribution in [0.25, 0.3) is 10.2 Å². The Bertz CT molecular complexity index is 1140. The number of ether oxygens (including phenoxy) is 2. The van der Waals surface area contributed by atoms with E-state index in [1.165, 1.54) is 21.6 Å². The van der Waals surface area contributed by atoms with Gasteiger partial charge in [-0.2, -0.15) is 0 Å². The maximum absolute atomic E-state index is 11.8. The van der Waals surface area contributed by atoms with Crippen molar-refractivity contribution < 1.29 is 14.3 Å². The number of thiophene rings is 1. The van der Waals surface area contributed by atoms with E-state index in [1.54, 1.807) is 17.7 Å². The van der Waals surface area contributed by atoms with Crippen LogP contribution in [0.2, 0.25) is 0 Å². The Balaban J connectivity index is 1.66. The molecule has 0 bridgehead atoms. The van der Waals surface area contributed by atoms with Crippen LogP contribution < -0.4 is 15.4 Å². The monoisotopic (exact) mass is 454 g/mol. The minimum atomic E-state index is -0.350. The van der Waals surface area contributed by atoms with E-state index in [0.717, 1.165) is 46.7 Å². The molecule has 0 spiro atoms. The number of benzene rings is 1. The number of carbonyl (C=O) groups is 1. The van der Waals surface area contributed by atoms with Gasteiger partial charge in [-0.15, -0.1) is 11.3 Å². The summed E-state index contributed by atoms with van der Waals surface area (Å²) in [5, 5.41) is 7.57. The molecular weight excluding hydrogens is 424 g/mol. The first-order valence-corrected chi connectivity index (χ1v) is 11.9. The molecule has 1 aromatic carbocycles. The van der Waals surface area contributed by atoms with Crippen LogP contribution in [0.5, 0.6) is 5.75 Å². The van der Waals surface area contributed by atoms with E-state index in [9.17, 15) is 4.79 Å². The molecule has 0 saturated carbocycles. The quantitative estimate of drug-likeness (QED) is 0.516. The third-order valence-electron chi connectivity index (χ3n) is 5.65. The second-order valence-corrected chi connectivity index (χ2v) is 9.52. The zero-order valence-corrected chi connectivity index (χ0v) is 20.1. The Kier molecular flexibility index (Phi) is 6.50. The molecule has 0 radical (unpaired) electrons. The summed E-state index contributed by atoms with van der Waals surface area (Å²) in [7, 11) is 0. The van der Waals surface area contributed by atoms with Crippen LogP contribution in [-0.2, 0) is 17.6 Å². The standard InChI is InChI=1S/C24H30N4O3S/c1-6-30-24(29)27-16-7-8-17-20(11-16)32-23-21(17)22(25-12-26-23)28-18-9-14(4)15(5)10-19(18)31-13(2)3/h9-10,12-13,16H,6-8,11H2,1-5H3,(H,27,29)(H,25,26,28). The first-order valence-electron chi connectivity index (χ1n) is 11.1. The van der Waals surface area contributed by atoms with Crippen molar-refractivity contribution in [3.05, 3.63) is 40.0 Å². The Morgan fingerprint density at radius 2 is 2.03 bits per heavy atom. The fraction of sp³-hybridized carbons (Fsp3) is 0.458. The highest BCUT2D eigenvalue weighted by Gasteiger charge is 2.26. The summed E-state index contributed by atoms with van der Waals surface area (Å²) < 4.78 is 11.1. The molecule has 4 rings (SSSR count). The smallest absolute Gasteiger partial charge is 0.407 e. The second-order valence-electron chi connectivity index (χ2n) is 8.43. The number of carbonyl (C=O) groups excluding carboxylic acids is 1. The number of anilines is 2. The first kappa shape index (κ1) is 22.3. The molecular formula is C24H30N4O3S. The van der Waals surface area contributed by atoms with E-state index in [4.69, 9.17) is 9.47 Å². The Hall–Kier alpha value is -2.87. The van der Waals surface area contributed by atoms with Gasteiger partial charge in [0.2, 0.25) is 0 Å². The van der Waals surface area contributed by atoms with Crippen LogP contribution in [0.3, 0.4) is 0 Å². The van der Waals surface area contributed by atoms with Gasteiger partial charge in [0.25, 0.3) is 0 Å². The van der Waals surface area contributed by atoms with Crippen molar-refractivity contribution in [2.75, 3.05) is 11.9 Å². The Morgan fingerprint density at radius 1 is 1.25 bits per heavy atom. The molecule has 1 unspecified atom stereocenters. The Labute approximate surface area is 192 Å².